The second-order valence-electron chi connectivity index (χ2n) is 6.15. The minimum atomic E-state index is -5.05. The van der Waals surface area contributed by atoms with Gasteiger partial charge in [-0.25, -0.2) is 9.18 Å². The molecule has 6 nitrogen and oxygen atoms in total. The van der Waals surface area contributed by atoms with Gasteiger partial charge in [0.15, 0.2) is 11.5 Å². The number of hydrogen-bond acceptors (Lipinski definition) is 6. The molecule has 0 bridgehead atoms. The molecule has 0 heterocycles. The Kier molecular flexibility index (Phi) is 8.09. The van der Waals surface area contributed by atoms with Gasteiger partial charge in [0.2, 0.25) is 0 Å². The minimum absolute atomic E-state index is 0.439. The number of benzene rings is 2. The highest BCUT2D eigenvalue weighted by Crippen LogP contribution is 2.40. The van der Waals surface area contributed by atoms with Crippen molar-refractivity contribution in [3.05, 3.63) is 41.7 Å². The van der Waals surface area contributed by atoms with E-state index in [1.165, 1.54) is 6.82 Å². The van der Waals surface area contributed by atoms with Gasteiger partial charge in [-0.3, -0.25) is 0 Å². The Morgan fingerprint density at radius 2 is 1.64 bits per heavy atom. The number of alkyl halides is 5. The first kappa shape index (κ1) is 26.1. The normalized spacial score (nSPS) is 11.7. The fourth-order valence-electron chi connectivity index (χ4n) is 2.33. The Bertz CT molecular complexity index is 1000. The lowest BCUT2D eigenvalue weighted by molar-refractivity contribution is -0.274. The van der Waals surface area contributed by atoms with Gasteiger partial charge in [0.1, 0.15) is 51.6 Å². The first-order valence-electron chi connectivity index (χ1n) is 8.76. The molecule has 0 atom stereocenters. The van der Waals surface area contributed by atoms with Crippen LogP contribution in [0.25, 0.3) is 0 Å². The van der Waals surface area contributed by atoms with Crippen LogP contribution in [0, 0.1) is 5.82 Å². The van der Waals surface area contributed by atoms with Crippen LogP contribution in [0.5, 0.6) is 28.7 Å². The zero-order valence-corrected chi connectivity index (χ0v) is 16.9. The maximum atomic E-state index is 14.5. The Hall–Kier alpha value is -3.12. The van der Waals surface area contributed by atoms with Gasteiger partial charge in [-0.05, 0) is 17.4 Å². The van der Waals surface area contributed by atoms with Crippen LogP contribution in [0.2, 0.25) is 6.82 Å². The molecule has 5 radical (unpaired) electrons. The molecule has 0 saturated carbocycles. The zero-order valence-electron chi connectivity index (χ0n) is 16.9. The summed E-state index contributed by atoms with van der Waals surface area (Å²) in [4.78, 5) is 12.0. The highest BCUT2D eigenvalue weighted by atomic mass is 19.4. The van der Waals surface area contributed by atoms with Gasteiger partial charge in [0.05, 0.1) is 7.11 Å². The smallest absolute Gasteiger partial charge is 0.511 e. The van der Waals surface area contributed by atoms with E-state index in [4.69, 9.17) is 25.2 Å². The number of hydrogen-bond donors (Lipinski definition) is 0. The first-order chi connectivity index (χ1) is 15.2. The summed E-state index contributed by atoms with van der Waals surface area (Å²) in [5, 5.41) is -2.01. The van der Waals surface area contributed by atoms with Gasteiger partial charge in [0, 0.05) is 18.2 Å². The highest BCUT2D eigenvalue weighted by molar-refractivity contribution is 6.66. The SMILES string of the molecule is [B]C([B])([B]C)Oc1cc(OC(F)(F)F)ccc1Oc1cc(OC(F)F)cc(F)c1C(=O)OC. The van der Waals surface area contributed by atoms with Crippen molar-refractivity contribution in [2.45, 2.75) is 25.1 Å². The molecular formula is C18H12B3F6O6. The topological polar surface area (TPSA) is 63.2 Å². The van der Waals surface area contributed by atoms with Crippen molar-refractivity contribution in [2.75, 3.05) is 7.11 Å². The van der Waals surface area contributed by atoms with Crippen molar-refractivity contribution in [1.29, 1.82) is 0 Å². The van der Waals surface area contributed by atoms with Crippen molar-refractivity contribution < 1.29 is 54.8 Å². The lowest BCUT2D eigenvalue weighted by Crippen LogP contribution is -2.42. The van der Waals surface area contributed by atoms with E-state index in [1.807, 2.05) is 0 Å². The van der Waals surface area contributed by atoms with Gasteiger partial charge in [0.25, 0.3) is 0 Å². The molecule has 0 unspecified atom stereocenters. The summed E-state index contributed by atoms with van der Waals surface area (Å²) in [5.74, 6) is -5.74. The molecule has 0 saturated heterocycles. The van der Waals surface area contributed by atoms with Crippen LogP contribution >= 0.6 is 0 Å². The highest BCUT2D eigenvalue weighted by Gasteiger charge is 2.32. The lowest BCUT2D eigenvalue weighted by atomic mass is 9.42. The second kappa shape index (κ2) is 10.2. The molecule has 0 aliphatic carbocycles. The summed E-state index contributed by atoms with van der Waals surface area (Å²) in [6.45, 7) is -1.96. The van der Waals surface area contributed by atoms with E-state index in [1.54, 1.807) is 0 Å². The van der Waals surface area contributed by atoms with Gasteiger partial charge in [-0.15, -0.1) is 13.2 Å². The molecule has 0 spiro atoms. The van der Waals surface area contributed by atoms with Crippen LogP contribution in [0.4, 0.5) is 26.3 Å². The summed E-state index contributed by atoms with van der Waals surface area (Å²) >= 11 is 0. The molecular weight excluding hydrogens is 459 g/mol. The van der Waals surface area contributed by atoms with E-state index in [2.05, 4.69) is 14.2 Å². The third-order valence-electron chi connectivity index (χ3n) is 3.75. The molecule has 171 valence electrons. The number of methoxy groups -OCH3 is 1. The van der Waals surface area contributed by atoms with Gasteiger partial charge < -0.3 is 23.7 Å². The Morgan fingerprint density at radius 3 is 2.18 bits per heavy atom. The first-order valence-corrected chi connectivity index (χ1v) is 8.76. The van der Waals surface area contributed by atoms with Crippen LogP contribution < -0.4 is 18.9 Å². The number of esters is 1. The van der Waals surface area contributed by atoms with E-state index in [0.29, 0.717) is 12.1 Å². The fourth-order valence-corrected chi connectivity index (χ4v) is 2.33. The number of ether oxygens (including phenoxy) is 5. The molecule has 0 fully saturated rings. The van der Waals surface area contributed by atoms with E-state index < -0.39 is 64.4 Å². The van der Waals surface area contributed by atoms with E-state index in [0.717, 1.165) is 32.6 Å². The average Bonchev–Trinajstić information content (AvgIpc) is 2.67. The second-order valence-corrected chi connectivity index (χ2v) is 6.15. The van der Waals surface area contributed by atoms with Crippen molar-refractivity contribution in [2.24, 2.45) is 0 Å². The molecule has 0 aliphatic rings. The quantitative estimate of drug-likeness (QED) is 0.314. The van der Waals surface area contributed by atoms with Crippen LogP contribution in [-0.4, -0.2) is 54.3 Å². The molecule has 15 heteroatoms. The Morgan fingerprint density at radius 1 is 1.00 bits per heavy atom. The van der Waals surface area contributed by atoms with Crippen LogP contribution in [0.1, 0.15) is 10.4 Å². The molecule has 0 aliphatic heterocycles. The number of rotatable bonds is 9. The molecule has 0 amide bonds. The number of carbonyl (C=O) groups is 1. The third-order valence-corrected chi connectivity index (χ3v) is 3.75. The lowest BCUT2D eigenvalue weighted by Gasteiger charge is -2.27. The summed E-state index contributed by atoms with van der Waals surface area (Å²) in [6.07, 6.45) is -5.05. The van der Waals surface area contributed by atoms with Crippen molar-refractivity contribution >= 4 is 28.9 Å². The maximum absolute atomic E-state index is 14.5. The predicted molar refractivity (Wildman–Crippen MR) is 104 cm³/mol. The summed E-state index contributed by atoms with van der Waals surface area (Å²) in [6, 6.07) is 3.61. The Balaban J connectivity index is 2.59. The monoisotopic (exact) mass is 471 g/mol. The van der Waals surface area contributed by atoms with Gasteiger partial charge in [-0.1, -0.05) is 6.82 Å². The molecule has 2 aromatic carbocycles. The molecule has 0 aromatic heterocycles. The van der Waals surface area contributed by atoms with Crippen LogP contribution in [0.3, 0.4) is 0 Å². The predicted octanol–water partition coefficient (Wildman–Crippen LogP) is 3.98. The number of carbonyl (C=O) groups excluding carboxylic acids is 1. The van der Waals surface area contributed by atoms with E-state index >= 15 is 0 Å². The molecule has 2 rings (SSSR count). The third kappa shape index (κ3) is 7.46. The van der Waals surface area contributed by atoms with E-state index in [9.17, 15) is 31.1 Å². The standard InChI is InChI=1S/C18H12B3F6O6/c1-21-17(19,20)33-12-6-8(32-18(25,26)27)3-4-11(12)31-13-7-9(30-16(23)24)5-10(22)14(13)15(28)29-2/h3-7,16H,1-2H3. The Labute approximate surface area is 187 Å². The average molecular weight is 471 g/mol. The van der Waals surface area contributed by atoms with E-state index in [-0.39, 0.29) is 0 Å². The summed E-state index contributed by atoms with van der Waals surface area (Å²) in [5.41, 5.74) is -0.825. The fraction of sp³-hybridized carbons (Fsp3) is 0.278. The van der Waals surface area contributed by atoms with Crippen molar-refractivity contribution in [3.63, 3.8) is 0 Å². The summed E-state index contributed by atoms with van der Waals surface area (Å²) in [7, 11) is 13.3. The maximum Gasteiger partial charge on any atom is 0.573 e. The minimum Gasteiger partial charge on any atom is -0.511 e. The van der Waals surface area contributed by atoms with Gasteiger partial charge >= 0.3 is 18.9 Å². The van der Waals surface area contributed by atoms with Crippen LogP contribution in [0.15, 0.2) is 30.3 Å². The van der Waals surface area contributed by atoms with Crippen molar-refractivity contribution in [1.82, 2.24) is 0 Å². The van der Waals surface area contributed by atoms with Crippen molar-refractivity contribution in [3.8, 4) is 28.7 Å². The molecule has 0 N–H and O–H groups in total. The number of halogens is 6. The zero-order chi connectivity index (χ0) is 25.0. The molecule has 33 heavy (non-hydrogen) atoms. The largest absolute Gasteiger partial charge is 0.573 e. The molecule has 2 aromatic rings. The summed E-state index contributed by atoms with van der Waals surface area (Å²) < 4.78 is 100. The van der Waals surface area contributed by atoms with Gasteiger partial charge in [-0.2, -0.15) is 8.78 Å². The van der Waals surface area contributed by atoms with Crippen LogP contribution in [-0.2, 0) is 4.74 Å².